The molecule has 1 rings (SSSR count). The molecule has 0 aliphatic rings. The van der Waals surface area contributed by atoms with Gasteiger partial charge in [0.1, 0.15) is 11.4 Å². The molecule has 0 aromatic heterocycles. The predicted octanol–water partition coefficient (Wildman–Crippen LogP) is 7.59. The molecule has 0 saturated carbocycles. The van der Waals surface area contributed by atoms with E-state index in [9.17, 15) is 9.70 Å². The van der Waals surface area contributed by atoms with Crippen molar-refractivity contribution in [2.75, 3.05) is 7.11 Å². The van der Waals surface area contributed by atoms with Crippen LogP contribution in [0.4, 0.5) is 5.69 Å². The summed E-state index contributed by atoms with van der Waals surface area (Å²) in [6.45, 7) is 14.9. The van der Waals surface area contributed by atoms with Crippen LogP contribution >= 0.6 is 0 Å². The molecule has 1 aromatic rings. The normalized spacial score (nSPS) is 13.0. The molecular weight excluding hydrogens is 374 g/mol. The molecule has 0 aliphatic carbocycles. The van der Waals surface area contributed by atoms with E-state index >= 15 is 0 Å². The monoisotopic (exact) mass is 409 g/mol. The van der Waals surface area contributed by atoms with Gasteiger partial charge < -0.3 is 4.74 Å². The first-order valence-electron chi connectivity index (χ1n) is 10.5. The van der Waals surface area contributed by atoms with Crippen LogP contribution in [0.15, 0.2) is 64.4 Å². The minimum absolute atomic E-state index is 0.283. The van der Waals surface area contributed by atoms with Crippen LogP contribution in [0.3, 0.4) is 0 Å². The fraction of sp³-hybridized carbons (Fsp3) is 0.423. The van der Waals surface area contributed by atoms with Gasteiger partial charge in [0.15, 0.2) is 6.29 Å². The minimum Gasteiger partial charge on any atom is -0.496 e. The molecular formula is C26H35NO3. The van der Waals surface area contributed by atoms with Crippen LogP contribution in [-0.4, -0.2) is 13.4 Å². The van der Waals surface area contributed by atoms with Crippen LogP contribution < -0.4 is 4.74 Å². The number of methoxy groups -OCH3 is 1. The molecule has 0 aliphatic heterocycles. The Morgan fingerprint density at radius 3 is 2.40 bits per heavy atom. The second-order valence-electron chi connectivity index (χ2n) is 8.17. The van der Waals surface area contributed by atoms with Crippen LogP contribution in [0.25, 0.3) is 6.08 Å². The van der Waals surface area contributed by atoms with Gasteiger partial charge >= 0.3 is 0 Å². The maximum Gasteiger partial charge on any atom is 0.150 e. The van der Waals surface area contributed by atoms with Crippen molar-refractivity contribution in [2.45, 2.75) is 53.9 Å². The van der Waals surface area contributed by atoms with Gasteiger partial charge in [0.25, 0.3) is 0 Å². The van der Waals surface area contributed by atoms with Crippen molar-refractivity contribution in [3.63, 3.8) is 0 Å². The molecule has 0 bridgehead atoms. The molecule has 0 spiro atoms. The smallest absolute Gasteiger partial charge is 0.150 e. The quantitative estimate of drug-likeness (QED) is 0.155. The van der Waals surface area contributed by atoms with Gasteiger partial charge in [0.05, 0.1) is 7.11 Å². The number of benzene rings is 1. The molecule has 4 nitrogen and oxygen atoms in total. The number of nitrogens with zero attached hydrogens (tertiary/aromatic N) is 1. The SMILES string of the molecule is C=C(\C=C/C(C(/C=O)=C/c1ccc(N=O)cc1OC)=C(\CCC)C(C)C)CC(C)C. The lowest BCUT2D eigenvalue weighted by Gasteiger charge is -2.17. The molecule has 0 saturated heterocycles. The molecule has 0 amide bonds. The number of carbonyl (C=O) groups excluding carboxylic acids is 1. The Bertz CT molecular complexity index is 842. The first-order chi connectivity index (χ1) is 14.3. The number of hydrogen-bond acceptors (Lipinski definition) is 4. The molecule has 0 heterocycles. The molecule has 0 atom stereocenters. The first-order valence-corrected chi connectivity index (χ1v) is 10.5. The van der Waals surface area contributed by atoms with Gasteiger partial charge in [-0.1, -0.05) is 70.9 Å². The standard InChI is InChI=1S/C26H35NO3/c1-8-9-24(19(4)5)25(13-10-20(6)14-18(2)3)22(17-28)15-21-11-12-23(27-29)16-26(21)30-7/h10-13,15-19H,6,8-9,14H2,1-5,7H3/b13-10-,22-15+,25-24-. The van der Waals surface area contributed by atoms with E-state index in [4.69, 9.17) is 4.74 Å². The third-order valence-electron chi connectivity index (χ3n) is 4.79. The zero-order valence-electron chi connectivity index (χ0n) is 19.2. The second-order valence-corrected chi connectivity index (χ2v) is 8.17. The zero-order chi connectivity index (χ0) is 22.7. The maximum atomic E-state index is 12.2. The fourth-order valence-electron chi connectivity index (χ4n) is 3.40. The lowest BCUT2D eigenvalue weighted by atomic mass is 9.88. The Hall–Kier alpha value is -2.75. The Kier molecular flexibility index (Phi) is 10.7. The van der Waals surface area contributed by atoms with Crippen molar-refractivity contribution in [2.24, 2.45) is 17.0 Å². The van der Waals surface area contributed by atoms with Crippen LogP contribution in [-0.2, 0) is 4.79 Å². The highest BCUT2D eigenvalue weighted by molar-refractivity contribution is 5.90. The minimum atomic E-state index is 0.283. The Balaban J connectivity index is 3.59. The van der Waals surface area contributed by atoms with Gasteiger partial charge in [0, 0.05) is 17.2 Å². The van der Waals surface area contributed by atoms with Gasteiger partial charge in [-0.3, -0.25) is 4.79 Å². The number of carbonyl (C=O) groups is 1. The summed E-state index contributed by atoms with van der Waals surface area (Å²) in [5.41, 5.74) is 4.77. The summed E-state index contributed by atoms with van der Waals surface area (Å²) in [5.74, 6) is 1.32. The van der Waals surface area contributed by atoms with Crippen molar-refractivity contribution in [1.82, 2.24) is 0 Å². The summed E-state index contributed by atoms with van der Waals surface area (Å²) in [6, 6.07) is 4.93. The average Bonchev–Trinajstić information content (AvgIpc) is 2.71. The zero-order valence-corrected chi connectivity index (χ0v) is 19.2. The van der Waals surface area contributed by atoms with Crippen LogP contribution in [0.5, 0.6) is 5.75 Å². The second kappa shape index (κ2) is 12.7. The van der Waals surface area contributed by atoms with Gasteiger partial charge in [-0.05, 0) is 53.6 Å². The number of aldehydes is 1. The topological polar surface area (TPSA) is 55.7 Å². The Morgan fingerprint density at radius 1 is 1.20 bits per heavy atom. The molecule has 0 unspecified atom stereocenters. The van der Waals surface area contributed by atoms with Crippen molar-refractivity contribution >= 4 is 18.0 Å². The number of hydrogen-bond donors (Lipinski definition) is 0. The average molecular weight is 410 g/mol. The van der Waals surface area contributed by atoms with Crippen molar-refractivity contribution < 1.29 is 9.53 Å². The highest BCUT2D eigenvalue weighted by Gasteiger charge is 2.14. The summed E-state index contributed by atoms with van der Waals surface area (Å²) in [4.78, 5) is 23.0. The summed E-state index contributed by atoms with van der Waals surface area (Å²) in [6.07, 6.45) is 9.53. The van der Waals surface area contributed by atoms with E-state index in [1.54, 1.807) is 18.2 Å². The number of ether oxygens (including phenoxy) is 1. The summed E-state index contributed by atoms with van der Waals surface area (Å²) in [5, 5.41) is 2.95. The van der Waals surface area contributed by atoms with Gasteiger partial charge in [-0.25, -0.2) is 0 Å². The number of nitroso groups, excluding NO2 is 1. The molecule has 30 heavy (non-hydrogen) atoms. The third-order valence-corrected chi connectivity index (χ3v) is 4.79. The van der Waals surface area contributed by atoms with Crippen LogP contribution in [0.1, 0.15) is 59.4 Å². The van der Waals surface area contributed by atoms with E-state index in [2.05, 4.69) is 46.4 Å². The van der Waals surface area contributed by atoms with Gasteiger partial charge in [-0.2, -0.15) is 0 Å². The summed E-state index contributed by atoms with van der Waals surface area (Å²) < 4.78 is 5.40. The molecule has 4 heteroatoms. The highest BCUT2D eigenvalue weighted by Crippen LogP contribution is 2.31. The van der Waals surface area contributed by atoms with Crippen molar-refractivity contribution in [3.8, 4) is 5.75 Å². The number of rotatable bonds is 12. The third kappa shape index (κ3) is 7.58. The maximum absolute atomic E-state index is 12.2. The van der Waals surface area contributed by atoms with E-state index in [0.29, 0.717) is 23.2 Å². The summed E-state index contributed by atoms with van der Waals surface area (Å²) in [7, 11) is 1.53. The number of allylic oxidation sites excluding steroid dienone is 6. The summed E-state index contributed by atoms with van der Waals surface area (Å²) >= 11 is 0. The lowest BCUT2D eigenvalue weighted by Crippen LogP contribution is -2.03. The van der Waals surface area contributed by atoms with E-state index in [1.807, 2.05) is 18.2 Å². The van der Waals surface area contributed by atoms with E-state index < -0.39 is 0 Å². The van der Waals surface area contributed by atoms with Crippen LogP contribution in [0.2, 0.25) is 0 Å². The van der Waals surface area contributed by atoms with E-state index in [-0.39, 0.29) is 5.69 Å². The van der Waals surface area contributed by atoms with Gasteiger partial charge in [-0.15, -0.1) is 4.91 Å². The van der Waals surface area contributed by atoms with Crippen molar-refractivity contribution in [3.05, 3.63) is 69.7 Å². The molecule has 162 valence electrons. The van der Waals surface area contributed by atoms with Crippen LogP contribution in [0, 0.1) is 16.7 Å². The molecule has 0 fully saturated rings. The van der Waals surface area contributed by atoms with E-state index in [1.165, 1.54) is 12.7 Å². The fourth-order valence-corrected chi connectivity index (χ4v) is 3.40. The lowest BCUT2D eigenvalue weighted by molar-refractivity contribution is -0.104. The molecule has 0 N–H and O–H groups in total. The predicted molar refractivity (Wildman–Crippen MR) is 127 cm³/mol. The van der Waals surface area contributed by atoms with Crippen molar-refractivity contribution in [1.29, 1.82) is 0 Å². The highest BCUT2D eigenvalue weighted by atomic mass is 16.5. The first kappa shape index (κ1) is 25.3. The molecule has 1 aromatic carbocycles. The molecule has 0 radical (unpaired) electrons. The van der Waals surface area contributed by atoms with Gasteiger partial charge in [0.2, 0.25) is 0 Å². The largest absolute Gasteiger partial charge is 0.496 e. The Labute approximate surface area is 181 Å². The van der Waals surface area contributed by atoms with E-state index in [0.717, 1.165) is 42.3 Å². The Morgan fingerprint density at radius 2 is 1.90 bits per heavy atom.